The Hall–Kier alpha value is -2.87. The summed E-state index contributed by atoms with van der Waals surface area (Å²) < 4.78 is 5.04. The molecule has 0 radical (unpaired) electrons. The molecule has 180 valence electrons. The van der Waals surface area contributed by atoms with E-state index in [2.05, 4.69) is 47.7 Å². The number of esters is 1. The van der Waals surface area contributed by atoms with Crippen LogP contribution in [0.2, 0.25) is 0 Å². The summed E-state index contributed by atoms with van der Waals surface area (Å²) in [6, 6.07) is 7.04. The molecule has 34 heavy (non-hydrogen) atoms. The number of nitrogens with zero attached hydrogens (tertiary/aromatic N) is 3. The summed E-state index contributed by atoms with van der Waals surface area (Å²) in [6.45, 7) is 5.24. The second-order valence-corrected chi connectivity index (χ2v) is 10.3. The van der Waals surface area contributed by atoms with Crippen molar-refractivity contribution in [3.63, 3.8) is 0 Å². The highest BCUT2D eigenvalue weighted by Gasteiger charge is 2.52. The topological polar surface area (TPSA) is 107 Å². The summed E-state index contributed by atoms with van der Waals surface area (Å²) in [5.41, 5.74) is 12.2. The molecule has 2 heterocycles. The first-order valence-corrected chi connectivity index (χ1v) is 12.4. The first kappa shape index (κ1) is 22.9. The molecule has 1 aromatic carbocycles. The summed E-state index contributed by atoms with van der Waals surface area (Å²) in [6.07, 6.45) is 7.99. The quantitative estimate of drug-likeness (QED) is 0.376. The first-order chi connectivity index (χ1) is 16.4. The van der Waals surface area contributed by atoms with Crippen molar-refractivity contribution in [3.05, 3.63) is 46.7 Å². The SMILES string of the molecule is CCC1Cc2cc(CNC3CCC4(CC3)CC(C)N(C3=CC(=O)OC3)C4=O)ccc2C1=NN=N. The molecule has 0 bridgehead atoms. The largest absolute Gasteiger partial charge is 0.456 e. The predicted octanol–water partition coefficient (Wildman–Crippen LogP) is 4.08. The van der Waals surface area contributed by atoms with Crippen LogP contribution in [0.1, 0.15) is 69.1 Å². The Morgan fingerprint density at radius 3 is 2.74 bits per heavy atom. The molecule has 8 heteroatoms. The smallest absolute Gasteiger partial charge is 0.333 e. The molecule has 1 saturated heterocycles. The first-order valence-electron chi connectivity index (χ1n) is 12.4. The van der Waals surface area contributed by atoms with Crippen molar-refractivity contribution >= 4 is 17.6 Å². The normalized spacial score (nSPS) is 31.8. The van der Waals surface area contributed by atoms with Gasteiger partial charge in [0.25, 0.3) is 0 Å². The van der Waals surface area contributed by atoms with E-state index in [4.69, 9.17) is 10.3 Å². The highest BCUT2D eigenvalue weighted by Crippen LogP contribution is 2.48. The highest BCUT2D eigenvalue weighted by atomic mass is 16.5. The third kappa shape index (κ3) is 3.98. The van der Waals surface area contributed by atoms with E-state index in [9.17, 15) is 9.59 Å². The van der Waals surface area contributed by atoms with E-state index in [-0.39, 0.29) is 29.9 Å². The van der Waals surface area contributed by atoms with E-state index in [0.717, 1.165) is 62.8 Å². The molecule has 1 aromatic rings. The highest BCUT2D eigenvalue weighted by molar-refractivity contribution is 6.06. The molecular formula is C26H33N5O3. The summed E-state index contributed by atoms with van der Waals surface area (Å²) >= 11 is 0. The summed E-state index contributed by atoms with van der Waals surface area (Å²) in [4.78, 5) is 26.7. The van der Waals surface area contributed by atoms with Gasteiger partial charge in [0, 0.05) is 36.2 Å². The number of hydrogen-bond donors (Lipinski definition) is 2. The molecule has 2 aliphatic carbocycles. The van der Waals surface area contributed by atoms with Gasteiger partial charge in [-0.15, -0.1) is 5.10 Å². The molecule has 2 aliphatic heterocycles. The number of carbonyl (C=O) groups excluding carboxylic acids is 2. The molecule has 2 atom stereocenters. The summed E-state index contributed by atoms with van der Waals surface area (Å²) in [7, 11) is 0. The number of nitrogens with one attached hydrogen (secondary N) is 2. The number of hydrogen-bond acceptors (Lipinski definition) is 6. The average molecular weight is 464 g/mol. The summed E-state index contributed by atoms with van der Waals surface area (Å²) in [5, 5.41) is 11.1. The number of cyclic esters (lactones) is 1. The van der Waals surface area contributed by atoms with Crippen LogP contribution in [-0.2, 0) is 27.3 Å². The maximum atomic E-state index is 13.4. The zero-order chi connectivity index (χ0) is 23.9. The van der Waals surface area contributed by atoms with Crippen molar-refractivity contribution in [1.29, 1.82) is 5.53 Å². The molecule has 2 fully saturated rings. The van der Waals surface area contributed by atoms with Crippen molar-refractivity contribution in [3.8, 4) is 0 Å². The van der Waals surface area contributed by atoms with Crippen LogP contribution in [0.5, 0.6) is 0 Å². The van der Waals surface area contributed by atoms with Gasteiger partial charge in [-0.25, -0.2) is 4.79 Å². The van der Waals surface area contributed by atoms with E-state index < -0.39 is 0 Å². The lowest BCUT2D eigenvalue weighted by Gasteiger charge is -2.36. The van der Waals surface area contributed by atoms with E-state index in [0.29, 0.717) is 17.7 Å². The second-order valence-electron chi connectivity index (χ2n) is 10.3. The zero-order valence-corrected chi connectivity index (χ0v) is 20.0. The lowest BCUT2D eigenvalue weighted by molar-refractivity contribution is -0.138. The van der Waals surface area contributed by atoms with Gasteiger partial charge < -0.3 is 15.0 Å². The van der Waals surface area contributed by atoms with Crippen molar-refractivity contribution in [1.82, 2.24) is 10.2 Å². The van der Waals surface area contributed by atoms with Gasteiger partial charge in [0.05, 0.1) is 16.8 Å². The van der Waals surface area contributed by atoms with Crippen LogP contribution in [0, 0.1) is 16.9 Å². The van der Waals surface area contributed by atoms with Gasteiger partial charge in [-0.3, -0.25) is 4.79 Å². The molecular weight excluding hydrogens is 430 g/mol. The monoisotopic (exact) mass is 463 g/mol. The number of ether oxygens (including phenoxy) is 1. The molecule has 1 spiro atoms. The van der Waals surface area contributed by atoms with Gasteiger partial charge in [-0.1, -0.05) is 30.3 Å². The Labute approximate surface area is 200 Å². The minimum atomic E-state index is -0.351. The average Bonchev–Trinajstić information content (AvgIpc) is 3.48. The fourth-order valence-electron chi connectivity index (χ4n) is 6.46. The Morgan fingerprint density at radius 2 is 2.06 bits per heavy atom. The van der Waals surface area contributed by atoms with Gasteiger partial charge in [-0.2, -0.15) is 5.53 Å². The molecule has 1 saturated carbocycles. The minimum absolute atomic E-state index is 0.104. The molecule has 1 amide bonds. The molecule has 4 aliphatic rings. The summed E-state index contributed by atoms with van der Waals surface area (Å²) in [5.74, 6) is 0.164. The Balaban J connectivity index is 1.18. The van der Waals surface area contributed by atoms with Crippen molar-refractivity contribution in [2.45, 2.75) is 77.4 Å². The van der Waals surface area contributed by atoms with Crippen molar-refractivity contribution in [2.75, 3.05) is 6.61 Å². The lowest BCUT2D eigenvalue weighted by atomic mass is 9.70. The van der Waals surface area contributed by atoms with Gasteiger partial charge in [0.2, 0.25) is 5.91 Å². The second kappa shape index (κ2) is 9.06. The van der Waals surface area contributed by atoms with Crippen molar-refractivity contribution < 1.29 is 14.3 Å². The molecule has 8 nitrogen and oxygen atoms in total. The number of carbonyl (C=O) groups is 2. The number of amides is 1. The molecule has 5 rings (SSSR count). The maximum absolute atomic E-state index is 13.4. The zero-order valence-electron chi connectivity index (χ0n) is 20.0. The molecule has 2 N–H and O–H groups in total. The van der Waals surface area contributed by atoms with Crippen LogP contribution in [0.25, 0.3) is 0 Å². The lowest BCUT2D eigenvalue weighted by Crippen LogP contribution is -2.42. The van der Waals surface area contributed by atoms with Gasteiger partial charge in [0.1, 0.15) is 6.61 Å². The van der Waals surface area contributed by atoms with Crippen LogP contribution in [0.4, 0.5) is 0 Å². The van der Waals surface area contributed by atoms with E-state index in [1.807, 2.05) is 4.90 Å². The standard InChI is InChI=1S/C26H33N5O3/c1-3-18-11-19-10-17(4-5-22(19)24(18)29-30-27)14-28-20-6-8-26(9-7-20)13-16(2)31(25(26)33)21-12-23(32)34-15-21/h4-5,10,12,16,18,20,27-28H,3,6-9,11,13-15H2,1-2H3. The minimum Gasteiger partial charge on any atom is -0.456 e. The van der Waals surface area contributed by atoms with Crippen molar-refractivity contribution in [2.24, 2.45) is 21.7 Å². The third-order valence-electron chi connectivity index (χ3n) is 8.24. The number of benzene rings is 1. The van der Waals surface area contributed by atoms with Gasteiger partial charge in [-0.05, 0) is 63.0 Å². The van der Waals surface area contributed by atoms with Crippen LogP contribution >= 0.6 is 0 Å². The fraction of sp³-hybridized carbons (Fsp3) is 0.577. The van der Waals surface area contributed by atoms with Gasteiger partial charge >= 0.3 is 5.97 Å². The van der Waals surface area contributed by atoms with Gasteiger partial charge in [0.15, 0.2) is 0 Å². The van der Waals surface area contributed by atoms with E-state index >= 15 is 0 Å². The number of likely N-dealkylation sites (tertiary alicyclic amines) is 1. The van der Waals surface area contributed by atoms with E-state index in [1.165, 1.54) is 17.2 Å². The Bertz CT molecular complexity index is 1070. The Kier molecular flexibility index (Phi) is 6.10. The molecule has 0 aromatic heterocycles. The number of fused-ring (bicyclic) bond motifs is 1. The van der Waals surface area contributed by atoms with Crippen LogP contribution in [0.3, 0.4) is 0 Å². The fourth-order valence-corrected chi connectivity index (χ4v) is 6.46. The predicted molar refractivity (Wildman–Crippen MR) is 127 cm³/mol. The van der Waals surface area contributed by atoms with Crippen LogP contribution in [-0.4, -0.2) is 41.2 Å². The third-order valence-corrected chi connectivity index (χ3v) is 8.24. The Morgan fingerprint density at radius 1 is 1.26 bits per heavy atom. The van der Waals surface area contributed by atoms with Crippen LogP contribution in [0.15, 0.2) is 40.3 Å². The van der Waals surface area contributed by atoms with Crippen LogP contribution < -0.4 is 5.32 Å². The van der Waals surface area contributed by atoms with E-state index in [1.54, 1.807) is 0 Å². The maximum Gasteiger partial charge on any atom is 0.333 e. The molecule has 2 unspecified atom stereocenters. The number of rotatable bonds is 6.